The Labute approximate surface area is 234 Å². The summed E-state index contributed by atoms with van der Waals surface area (Å²) in [7, 11) is 1.57. The number of hydrogen-bond donors (Lipinski definition) is 1. The fraction of sp³-hybridized carbons (Fsp3) is 0.0833. The number of ether oxygens (including phenoxy) is 2. The average molecular weight is 763 g/mol. The molecule has 4 aromatic rings. The molecule has 0 bridgehead atoms. The second-order valence-corrected chi connectivity index (χ2v) is 10.9. The van der Waals surface area contributed by atoms with Crippen molar-refractivity contribution in [1.29, 1.82) is 0 Å². The van der Waals surface area contributed by atoms with Crippen LogP contribution in [0.1, 0.15) is 21.7 Å². The van der Waals surface area contributed by atoms with Crippen molar-refractivity contribution in [1.82, 2.24) is 5.43 Å². The molecule has 0 aliphatic rings. The summed E-state index contributed by atoms with van der Waals surface area (Å²) in [4.78, 5) is 12.5. The minimum absolute atomic E-state index is 0.179. The van der Waals surface area contributed by atoms with Crippen molar-refractivity contribution >= 4 is 93.5 Å². The van der Waals surface area contributed by atoms with E-state index in [1.165, 1.54) is 6.21 Å². The zero-order chi connectivity index (χ0) is 24.2. The third-order valence-corrected chi connectivity index (χ3v) is 7.06. The van der Waals surface area contributed by atoms with E-state index < -0.39 is 5.91 Å². The molecule has 34 heavy (non-hydrogen) atoms. The number of carbonyl (C=O) groups is 1. The molecule has 0 radical (unpaired) electrons. The number of rotatable bonds is 7. The monoisotopic (exact) mass is 760 g/mol. The predicted octanol–water partition coefficient (Wildman–Crippen LogP) is 7.68. The van der Waals surface area contributed by atoms with Gasteiger partial charge in [-0.15, -0.1) is 0 Å². The number of furan rings is 1. The molecule has 174 valence electrons. The lowest BCUT2D eigenvalue weighted by Gasteiger charge is -2.13. The van der Waals surface area contributed by atoms with E-state index in [9.17, 15) is 4.79 Å². The van der Waals surface area contributed by atoms with Crippen molar-refractivity contribution in [3.8, 4) is 11.5 Å². The number of carbonyl (C=O) groups excluding carboxylic acids is 1. The van der Waals surface area contributed by atoms with Crippen LogP contribution in [0.3, 0.4) is 0 Å². The Balaban J connectivity index is 1.45. The van der Waals surface area contributed by atoms with Crippen LogP contribution >= 0.6 is 70.4 Å². The highest BCUT2D eigenvalue weighted by atomic mass is 127. The van der Waals surface area contributed by atoms with Gasteiger partial charge in [-0.05, 0) is 92.1 Å². The first-order valence-electron chi connectivity index (χ1n) is 9.81. The number of hydrogen-bond acceptors (Lipinski definition) is 5. The Morgan fingerprint density at radius 1 is 1.09 bits per heavy atom. The van der Waals surface area contributed by atoms with E-state index in [-0.39, 0.29) is 5.76 Å². The highest BCUT2D eigenvalue weighted by Crippen LogP contribution is 2.37. The lowest BCUT2D eigenvalue weighted by molar-refractivity contribution is 0.0929. The zero-order valence-electron chi connectivity index (χ0n) is 17.6. The van der Waals surface area contributed by atoms with E-state index >= 15 is 0 Å². The maximum Gasteiger partial charge on any atom is 0.307 e. The molecule has 10 heteroatoms. The summed E-state index contributed by atoms with van der Waals surface area (Å²) in [5.74, 6) is 0.852. The lowest BCUT2D eigenvalue weighted by atomic mass is 10.2. The standard InChI is InChI=1S/C24H16Br3IN2O4/c1-32-20-7-14(6-18(27)23(20)33-12-13-2-4-16(25)5-3-13)11-29-30-24(31)21-9-15-8-17(26)10-19(28)22(15)34-21/h2-11H,12H2,1H3,(H,30,31)/b29-11-. The van der Waals surface area contributed by atoms with Gasteiger partial charge in [0.05, 0.1) is 21.4 Å². The molecule has 0 atom stereocenters. The number of benzene rings is 3. The van der Waals surface area contributed by atoms with E-state index in [4.69, 9.17) is 13.9 Å². The lowest BCUT2D eigenvalue weighted by Crippen LogP contribution is -2.16. The SMILES string of the molecule is COc1cc(/C=N\NC(=O)c2cc3cc(Br)cc(I)c3o2)cc(Br)c1OCc1ccc(Br)cc1. The molecule has 1 N–H and O–H groups in total. The molecular weight excluding hydrogens is 747 g/mol. The fourth-order valence-electron chi connectivity index (χ4n) is 3.10. The first-order chi connectivity index (χ1) is 16.3. The number of hydrazone groups is 1. The van der Waals surface area contributed by atoms with E-state index in [0.29, 0.717) is 33.7 Å². The Hall–Kier alpha value is -1.89. The van der Waals surface area contributed by atoms with Gasteiger partial charge in [0.15, 0.2) is 17.3 Å². The van der Waals surface area contributed by atoms with Gasteiger partial charge in [0.1, 0.15) is 12.2 Å². The van der Waals surface area contributed by atoms with Crippen LogP contribution in [0.5, 0.6) is 11.5 Å². The fourth-order valence-corrected chi connectivity index (χ4v) is 5.60. The predicted molar refractivity (Wildman–Crippen MR) is 151 cm³/mol. The third-order valence-electron chi connectivity index (χ3n) is 4.69. The van der Waals surface area contributed by atoms with Gasteiger partial charge in [-0.3, -0.25) is 4.79 Å². The second-order valence-electron chi connectivity index (χ2n) is 7.06. The molecule has 0 spiro atoms. The molecular formula is C24H16Br3IN2O4. The summed E-state index contributed by atoms with van der Waals surface area (Å²) in [6.07, 6.45) is 1.52. The molecule has 6 nitrogen and oxygen atoms in total. The molecule has 4 rings (SSSR count). The first-order valence-corrected chi connectivity index (χ1v) is 13.3. The molecule has 3 aromatic carbocycles. The van der Waals surface area contributed by atoms with Crippen LogP contribution in [0.4, 0.5) is 0 Å². The van der Waals surface area contributed by atoms with Gasteiger partial charge in [0.2, 0.25) is 0 Å². The van der Waals surface area contributed by atoms with Crippen LogP contribution in [-0.2, 0) is 6.61 Å². The minimum atomic E-state index is -0.445. The molecule has 0 unspecified atom stereocenters. The van der Waals surface area contributed by atoms with Gasteiger partial charge in [-0.2, -0.15) is 5.10 Å². The summed E-state index contributed by atoms with van der Waals surface area (Å²) < 4.78 is 20.7. The van der Waals surface area contributed by atoms with Gasteiger partial charge >= 0.3 is 5.91 Å². The van der Waals surface area contributed by atoms with Crippen molar-refractivity contribution in [3.63, 3.8) is 0 Å². The van der Waals surface area contributed by atoms with Crippen LogP contribution in [-0.4, -0.2) is 19.2 Å². The number of amides is 1. The quantitative estimate of drug-likeness (QED) is 0.119. The molecule has 0 aliphatic heterocycles. The van der Waals surface area contributed by atoms with Crippen molar-refractivity contribution in [2.24, 2.45) is 5.10 Å². The molecule has 0 saturated heterocycles. The molecule has 0 aliphatic carbocycles. The van der Waals surface area contributed by atoms with Crippen molar-refractivity contribution in [3.05, 3.63) is 88.5 Å². The van der Waals surface area contributed by atoms with Gasteiger partial charge < -0.3 is 13.9 Å². The Bertz CT molecular complexity index is 1390. The van der Waals surface area contributed by atoms with Gasteiger partial charge in [-0.25, -0.2) is 5.43 Å². The Kier molecular flexibility index (Phi) is 8.33. The number of nitrogens with zero attached hydrogens (tertiary/aromatic N) is 1. The van der Waals surface area contributed by atoms with E-state index in [1.807, 2.05) is 42.5 Å². The summed E-state index contributed by atoms with van der Waals surface area (Å²) in [5.41, 5.74) is 4.89. The summed E-state index contributed by atoms with van der Waals surface area (Å²) in [6, 6.07) is 17.0. The summed E-state index contributed by atoms with van der Waals surface area (Å²) >= 11 is 12.6. The van der Waals surface area contributed by atoms with Crippen molar-refractivity contribution in [2.45, 2.75) is 6.61 Å². The number of nitrogens with one attached hydrogen (secondary N) is 1. The third kappa shape index (κ3) is 6.02. The van der Waals surface area contributed by atoms with Crippen LogP contribution in [0.15, 0.2) is 77.5 Å². The molecule has 0 fully saturated rings. The topological polar surface area (TPSA) is 73.1 Å². The van der Waals surface area contributed by atoms with Crippen molar-refractivity contribution in [2.75, 3.05) is 7.11 Å². The van der Waals surface area contributed by atoms with Gasteiger partial charge in [0.25, 0.3) is 0 Å². The number of fused-ring (bicyclic) bond motifs is 1. The summed E-state index contributed by atoms with van der Waals surface area (Å²) in [6.45, 7) is 0.388. The smallest absolute Gasteiger partial charge is 0.307 e. The van der Waals surface area contributed by atoms with Crippen LogP contribution in [0.2, 0.25) is 0 Å². The average Bonchev–Trinajstić information content (AvgIpc) is 3.23. The first kappa shape index (κ1) is 25.2. The van der Waals surface area contributed by atoms with Crippen molar-refractivity contribution < 1.29 is 18.7 Å². The van der Waals surface area contributed by atoms with E-state index in [0.717, 1.165) is 23.5 Å². The largest absolute Gasteiger partial charge is 0.493 e. The molecule has 0 saturated carbocycles. The Morgan fingerprint density at radius 3 is 2.59 bits per heavy atom. The maximum atomic E-state index is 12.5. The molecule has 1 aromatic heterocycles. The number of halogens is 4. The second kappa shape index (κ2) is 11.2. The van der Waals surface area contributed by atoms with E-state index in [2.05, 4.69) is 80.9 Å². The van der Waals surface area contributed by atoms with Gasteiger partial charge in [-0.1, -0.05) is 44.0 Å². The highest BCUT2D eigenvalue weighted by molar-refractivity contribution is 14.1. The normalized spacial score (nSPS) is 11.2. The summed E-state index contributed by atoms with van der Waals surface area (Å²) in [5, 5.41) is 4.89. The van der Waals surface area contributed by atoms with Crippen LogP contribution in [0, 0.1) is 3.57 Å². The maximum absolute atomic E-state index is 12.5. The molecule has 1 amide bonds. The minimum Gasteiger partial charge on any atom is -0.493 e. The van der Waals surface area contributed by atoms with Crippen LogP contribution < -0.4 is 14.9 Å². The molecule has 1 heterocycles. The van der Waals surface area contributed by atoms with Gasteiger partial charge in [0, 0.05) is 14.3 Å². The highest BCUT2D eigenvalue weighted by Gasteiger charge is 2.15. The number of methoxy groups -OCH3 is 1. The van der Waals surface area contributed by atoms with Crippen LogP contribution in [0.25, 0.3) is 11.0 Å². The van der Waals surface area contributed by atoms with E-state index in [1.54, 1.807) is 19.2 Å². The zero-order valence-corrected chi connectivity index (χ0v) is 24.5. The Morgan fingerprint density at radius 2 is 1.85 bits per heavy atom.